The number of rotatable bonds is 3. The molecule has 0 spiro atoms. The summed E-state index contributed by atoms with van der Waals surface area (Å²) in [6.45, 7) is 0. The number of hydrogen-bond acceptors (Lipinski definition) is 20. The van der Waals surface area contributed by atoms with Gasteiger partial charge in [-0.05, 0) is 6.07 Å². The third-order valence-corrected chi connectivity index (χ3v) is 10.9. The molecule has 0 bridgehead atoms. The fourth-order valence-electron chi connectivity index (χ4n) is 8.14. The summed E-state index contributed by atoms with van der Waals surface area (Å²) in [4.78, 5) is 0. The van der Waals surface area contributed by atoms with Crippen LogP contribution in [0, 0.1) is 0 Å². The van der Waals surface area contributed by atoms with Gasteiger partial charge in [-0.2, -0.15) is 0 Å². The number of aromatic hydroxyl groups is 19. The van der Waals surface area contributed by atoms with Crippen LogP contribution in [0.3, 0.4) is 0 Å². The lowest BCUT2D eigenvalue weighted by Crippen LogP contribution is -1.97. The van der Waals surface area contributed by atoms with E-state index in [9.17, 15) is 97.0 Å². The number of fused-ring (bicyclic) bond motifs is 6. The quantitative estimate of drug-likeness (QED) is 0.0515. The van der Waals surface area contributed by atoms with Gasteiger partial charge >= 0.3 is 0 Å². The van der Waals surface area contributed by atoms with Crippen molar-refractivity contribution in [2.24, 2.45) is 0 Å². The van der Waals surface area contributed by atoms with Crippen LogP contribution < -0.4 is 0 Å². The number of phenolic OH excluding ortho intramolecular Hbond substituents is 19. The van der Waals surface area contributed by atoms with Gasteiger partial charge < -0.3 is 101 Å². The fourth-order valence-corrected chi connectivity index (χ4v) is 8.14. The highest BCUT2D eigenvalue weighted by Gasteiger charge is 2.39. The van der Waals surface area contributed by atoms with Crippen molar-refractivity contribution >= 4 is 54.3 Å². The van der Waals surface area contributed by atoms with Gasteiger partial charge in [-0.25, -0.2) is 0 Å². The van der Waals surface area contributed by atoms with Gasteiger partial charge in [0.05, 0.1) is 16.5 Å². The summed E-state index contributed by atoms with van der Waals surface area (Å²) in [5.74, 6) is -28.6. The van der Waals surface area contributed by atoms with Crippen LogP contribution in [0.1, 0.15) is 0 Å². The molecule has 1 aromatic heterocycles. The van der Waals surface area contributed by atoms with E-state index in [1.165, 1.54) is 12.1 Å². The molecular weight excluding hydrogens is 824 g/mol. The Balaban J connectivity index is 1.69. The Bertz CT molecular complexity index is 3530. The van der Waals surface area contributed by atoms with Crippen molar-refractivity contribution in [3.63, 3.8) is 0 Å². The molecule has 0 aliphatic heterocycles. The van der Waals surface area contributed by atoms with E-state index in [4.69, 9.17) is 4.42 Å². The van der Waals surface area contributed by atoms with E-state index in [0.29, 0.717) is 10.8 Å². The van der Waals surface area contributed by atoms with Crippen molar-refractivity contribution in [3.8, 4) is 143 Å². The van der Waals surface area contributed by atoms with E-state index in [0.717, 1.165) is 0 Å². The zero-order chi connectivity index (χ0) is 44.9. The second-order valence-electron chi connectivity index (χ2n) is 14.0. The zero-order valence-electron chi connectivity index (χ0n) is 30.4. The zero-order valence-corrected chi connectivity index (χ0v) is 30.4. The Labute approximate surface area is 340 Å². The summed E-state index contributed by atoms with van der Waals surface area (Å²) < 4.78 is 6.19. The topological polar surface area (TPSA) is 398 Å². The first-order valence-corrected chi connectivity index (χ1v) is 17.5. The van der Waals surface area contributed by atoms with Crippen LogP contribution in [-0.4, -0.2) is 97.0 Å². The first-order valence-electron chi connectivity index (χ1n) is 17.5. The van der Waals surface area contributed by atoms with Crippen LogP contribution in [-0.2, 0) is 0 Å². The second kappa shape index (κ2) is 12.3. The van der Waals surface area contributed by atoms with Gasteiger partial charge in [0.25, 0.3) is 0 Å². The van der Waals surface area contributed by atoms with Crippen molar-refractivity contribution in [1.29, 1.82) is 0 Å². The molecule has 0 aliphatic carbocycles. The summed E-state index contributed by atoms with van der Waals surface area (Å²) in [6.07, 6.45) is 0. The predicted octanol–water partition coefficient (Wildman–Crippen LogP) is 6.45. The van der Waals surface area contributed by atoms with Crippen molar-refractivity contribution in [3.05, 3.63) is 42.5 Å². The molecule has 1 heterocycles. The standard InChI is InChI=1S/C42H26O20/c43-23-14-12(10-6-3-5-9-8-4-1-2-7-11(8)62-42(9)10)15-17(27(47)36(56)35(55)25(15)45)13(18-19-20(30(50)34(54)26(18)46)31(51)38(58)37(57)28(19)48)16(14)24(44)29(49)21(23)22-32(52)39(59)41(61)40(60)33(22)53/h1-7,43-61H. The predicted molar refractivity (Wildman–Crippen MR) is 214 cm³/mol. The molecular formula is C42H26O20. The number of hydrogen-bond donors (Lipinski definition) is 19. The number of benzene rings is 8. The lowest BCUT2D eigenvalue weighted by molar-refractivity contribution is 0.329. The molecule has 0 atom stereocenters. The van der Waals surface area contributed by atoms with Crippen LogP contribution >= 0.6 is 0 Å². The molecule has 20 nitrogen and oxygen atoms in total. The smallest absolute Gasteiger partial charge is 0.208 e. The average molecular weight is 851 g/mol. The third kappa shape index (κ3) is 4.42. The molecule has 0 fully saturated rings. The maximum absolute atomic E-state index is 12.5. The molecule has 8 aromatic carbocycles. The van der Waals surface area contributed by atoms with E-state index in [1.807, 2.05) is 0 Å². The van der Waals surface area contributed by atoms with Gasteiger partial charge in [-0.15, -0.1) is 0 Å². The summed E-state index contributed by atoms with van der Waals surface area (Å²) in [5, 5.41) is 207. The summed E-state index contributed by atoms with van der Waals surface area (Å²) in [6, 6.07) is 10.7. The van der Waals surface area contributed by atoms with Gasteiger partial charge in [0.2, 0.25) is 46.0 Å². The SMILES string of the molecule is Oc1c(O)c(O)c(-c2c(O)c(O)c3c(-c4c(O)c(O)c(O)c5c(O)c(O)c(O)c(O)c45)c4c(O)c(O)c(O)c(O)c4c(-c4cccc5c4oc4ccccc45)c3c2O)c(O)c1O. The van der Waals surface area contributed by atoms with Crippen LogP contribution in [0.25, 0.3) is 87.6 Å². The molecule has 0 radical (unpaired) electrons. The van der Waals surface area contributed by atoms with Gasteiger partial charge in [0.15, 0.2) is 57.5 Å². The average Bonchev–Trinajstić information content (AvgIpc) is 3.65. The fraction of sp³-hybridized carbons (Fsp3) is 0. The van der Waals surface area contributed by atoms with Crippen LogP contribution in [0.5, 0.6) is 109 Å². The normalized spacial score (nSPS) is 11.8. The molecule has 0 unspecified atom stereocenters. The Morgan fingerprint density at radius 1 is 0.242 bits per heavy atom. The minimum absolute atomic E-state index is 0.104. The third-order valence-electron chi connectivity index (χ3n) is 10.9. The van der Waals surface area contributed by atoms with Crippen molar-refractivity contribution in [2.75, 3.05) is 0 Å². The maximum atomic E-state index is 12.5. The molecule has 9 aromatic rings. The first kappa shape index (κ1) is 38.1. The minimum atomic E-state index is -1.61. The Morgan fingerprint density at radius 3 is 1.13 bits per heavy atom. The molecule has 0 aliphatic rings. The largest absolute Gasteiger partial charge is 0.506 e. The van der Waals surface area contributed by atoms with E-state index >= 15 is 0 Å². The molecule has 19 N–H and O–H groups in total. The van der Waals surface area contributed by atoms with Crippen LogP contribution in [0.2, 0.25) is 0 Å². The van der Waals surface area contributed by atoms with Gasteiger partial charge in [0.1, 0.15) is 16.9 Å². The lowest BCUT2D eigenvalue weighted by atomic mass is 9.80. The summed E-state index contributed by atoms with van der Waals surface area (Å²) in [5.41, 5.74) is -5.60. The highest BCUT2D eigenvalue weighted by Crippen LogP contribution is 2.68. The van der Waals surface area contributed by atoms with Gasteiger partial charge in [-0.1, -0.05) is 36.4 Å². The summed E-state index contributed by atoms with van der Waals surface area (Å²) >= 11 is 0. The molecule has 62 heavy (non-hydrogen) atoms. The molecule has 0 saturated carbocycles. The molecule has 314 valence electrons. The highest BCUT2D eigenvalue weighted by atomic mass is 16.4. The number of para-hydroxylation sites is 2. The van der Waals surface area contributed by atoms with E-state index in [-0.39, 0.29) is 16.7 Å². The lowest BCUT2D eigenvalue weighted by Gasteiger charge is -2.25. The van der Waals surface area contributed by atoms with Gasteiger partial charge in [-0.3, -0.25) is 0 Å². The van der Waals surface area contributed by atoms with E-state index in [1.54, 1.807) is 30.3 Å². The molecule has 0 amide bonds. The minimum Gasteiger partial charge on any atom is -0.506 e. The van der Waals surface area contributed by atoms with E-state index in [2.05, 4.69) is 0 Å². The van der Waals surface area contributed by atoms with Crippen molar-refractivity contribution in [1.82, 2.24) is 0 Å². The Morgan fingerprint density at radius 2 is 0.581 bits per heavy atom. The molecule has 20 heteroatoms. The Kier molecular flexibility index (Phi) is 7.54. The molecule has 9 rings (SSSR count). The monoisotopic (exact) mass is 850 g/mol. The number of furan rings is 1. The first-order chi connectivity index (χ1) is 29.3. The highest BCUT2D eigenvalue weighted by molar-refractivity contribution is 6.33. The summed E-state index contributed by atoms with van der Waals surface area (Å²) in [7, 11) is 0. The maximum Gasteiger partial charge on any atom is 0.208 e. The number of phenols is 19. The van der Waals surface area contributed by atoms with Gasteiger partial charge in [0, 0.05) is 60.0 Å². The van der Waals surface area contributed by atoms with Crippen molar-refractivity contribution < 1.29 is 101 Å². The van der Waals surface area contributed by atoms with E-state index < -0.39 is 169 Å². The van der Waals surface area contributed by atoms with Crippen LogP contribution in [0.4, 0.5) is 0 Å². The molecule has 0 saturated heterocycles. The second-order valence-corrected chi connectivity index (χ2v) is 14.0. The van der Waals surface area contributed by atoms with Crippen LogP contribution in [0.15, 0.2) is 46.9 Å². The van der Waals surface area contributed by atoms with Crippen molar-refractivity contribution in [2.45, 2.75) is 0 Å². The Hall–Kier alpha value is -9.46.